The quantitative estimate of drug-likeness (QED) is 0.821. The van der Waals surface area contributed by atoms with Crippen molar-refractivity contribution in [1.82, 2.24) is 4.90 Å². The number of piperidine rings is 1. The van der Waals surface area contributed by atoms with Crippen LogP contribution in [-0.4, -0.2) is 25.1 Å². The minimum Gasteiger partial charge on any atom is -0.495 e. The second kappa shape index (κ2) is 6.95. The summed E-state index contributed by atoms with van der Waals surface area (Å²) < 4.78 is 5.20. The van der Waals surface area contributed by atoms with Gasteiger partial charge in [-0.25, -0.2) is 0 Å². The molecule has 1 fully saturated rings. The topological polar surface area (TPSA) is 36.3 Å². The number of ether oxygens (including phenoxy) is 1. The van der Waals surface area contributed by atoms with Gasteiger partial charge in [0.15, 0.2) is 0 Å². The molecule has 0 radical (unpaired) electrons. The Kier molecular flexibility index (Phi) is 5.25. The number of methoxy groups -OCH3 is 1. The van der Waals surface area contributed by atoms with Crippen molar-refractivity contribution in [2.24, 2.45) is 5.41 Å². The highest BCUT2D eigenvalue weighted by Gasteiger charge is 2.30. The lowest BCUT2D eigenvalue weighted by atomic mass is 9.74. The lowest BCUT2D eigenvalue weighted by molar-refractivity contribution is 0.0909. The molecule has 3 heteroatoms. The third-order valence-corrected chi connectivity index (χ3v) is 5.21. The molecule has 0 amide bonds. The molecule has 1 aromatic rings. The molecule has 114 valence electrons. The fraction of sp³-hybridized carbons (Fsp3) is 0.611. The smallest absolute Gasteiger partial charge is 0.136 e. The second-order valence-electron chi connectivity index (χ2n) is 6.13. The number of likely N-dealkylation sites (tertiary alicyclic amines) is 1. The van der Waals surface area contributed by atoms with E-state index in [9.17, 15) is 0 Å². The summed E-state index contributed by atoms with van der Waals surface area (Å²) in [6, 6.07) is 8.14. The SMILES string of the molecule is CCC1(CC)CCN(Cc2ccc(OC)c(C#N)c2)CC1. The summed E-state index contributed by atoms with van der Waals surface area (Å²) in [5, 5.41) is 9.17. The Hall–Kier alpha value is -1.53. The largest absolute Gasteiger partial charge is 0.495 e. The van der Waals surface area contributed by atoms with Gasteiger partial charge in [0.2, 0.25) is 0 Å². The Bertz CT molecular complexity index is 504. The van der Waals surface area contributed by atoms with Gasteiger partial charge in [-0.1, -0.05) is 32.8 Å². The van der Waals surface area contributed by atoms with Crippen LogP contribution in [0.2, 0.25) is 0 Å². The first kappa shape index (κ1) is 15.9. The van der Waals surface area contributed by atoms with Crippen LogP contribution in [0.15, 0.2) is 18.2 Å². The second-order valence-corrected chi connectivity index (χ2v) is 6.13. The average Bonchev–Trinajstić information content (AvgIpc) is 2.55. The van der Waals surface area contributed by atoms with Crippen molar-refractivity contribution in [3.63, 3.8) is 0 Å². The molecule has 2 rings (SSSR count). The number of benzene rings is 1. The van der Waals surface area contributed by atoms with E-state index in [0.717, 1.165) is 19.6 Å². The molecule has 0 aliphatic carbocycles. The standard InChI is InChI=1S/C18H26N2O/c1-4-18(5-2)8-10-20(11-9-18)14-15-6-7-17(21-3)16(12-15)13-19/h6-7,12H,4-5,8-11,14H2,1-3H3. The molecule has 0 N–H and O–H groups in total. The summed E-state index contributed by atoms with van der Waals surface area (Å²) in [5.74, 6) is 0.663. The molecule has 0 spiro atoms. The van der Waals surface area contributed by atoms with Crippen LogP contribution < -0.4 is 4.74 Å². The lowest BCUT2D eigenvalue weighted by Gasteiger charge is -2.41. The molecule has 1 aliphatic heterocycles. The van der Waals surface area contributed by atoms with Crippen molar-refractivity contribution in [2.45, 2.75) is 46.1 Å². The predicted octanol–water partition coefficient (Wildman–Crippen LogP) is 3.97. The highest BCUT2D eigenvalue weighted by Crippen LogP contribution is 2.38. The van der Waals surface area contributed by atoms with E-state index in [-0.39, 0.29) is 0 Å². The van der Waals surface area contributed by atoms with Gasteiger partial charge in [0, 0.05) is 6.54 Å². The molecule has 0 aromatic heterocycles. The van der Waals surface area contributed by atoms with Crippen molar-refractivity contribution in [3.05, 3.63) is 29.3 Å². The summed E-state index contributed by atoms with van der Waals surface area (Å²) >= 11 is 0. The van der Waals surface area contributed by atoms with Crippen molar-refractivity contribution in [1.29, 1.82) is 5.26 Å². The van der Waals surface area contributed by atoms with Crippen LogP contribution in [0.4, 0.5) is 0 Å². The van der Waals surface area contributed by atoms with Gasteiger partial charge >= 0.3 is 0 Å². The van der Waals surface area contributed by atoms with E-state index >= 15 is 0 Å². The molecule has 0 atom stereocenters. The van der Waals surface area contributed by atoms with Gasteiger partial charge in [0.05, 0.1) is 12.7 Å². The Balaban J connectivity index is 1.99. The van der Waals surface area contributed by atoms with Gasteiger partial charge in [0.1, 0.15) is 11.8 Å². The summed E-state index contributed by atoms with van der Waals surface area (Å²) in [5.41, 5.74) is 2.39. The highest BCUT2D eigenvalue weighted by atomic mass is 16.5. The summed E-state index contributed by atoms with van der Waals surface area (Å²) in [7, 11) is 1.61. The molecule has 21 heavy (non-hydrogen) atoms. The number of hydrogen-bond donors (Lipinski definition) is 0. The highest BCUT2D eigenvalue weighted by molar-refractivity contribution is 5.45. The third kappa shape index (κ3) is 3.57. The zero-order valence-corrected chi connectivity index (χ0v) is 13.5. The van der Waals surface area contributed by atoms with E-state index in [1.807, 2.05) is 12.1 Å². The first-order valence-electron chi connectivity index (χ1n) is 7.95. The molecule has 0 saturated carbocycles. The minimum atomic E-state index is 0.564. The average molecular weight is 286 g/mol. The zero-order chi connectivity index (χ0) is 15.3. The number of rotatable bonds is 5. The number of nitrogens with zero attached hydrogens (tertiary/aromatic N) is 2. The maximum Gasteiger partial charge on any atom is 0.136 e. The van der Waals surface area contributed by atoms with Crippen LogP contribution in [-0.2, 0) is 6.54 Å². The van der Waals surface area contributed by atoms with Crippen LogP contribution >= 0.6 is 0 Å². The van der Waals surface area contributed by atoms with E-state index in [0.29, 0.717) is 16.7 Å². The van der Waals surface area contributed by atoms with Crippen molar-refractivity contribution in [3.8, 4) is 11.8 Å². The molecule has 0 unspecified atom stereocenters. The van der Waals surface area contributed by atoms with Crippen molar-refractivity contribution >= 4 is 0 Å². The third-order valence-electron chi connectivity index (χ3n) is 5.21. The predicted molar refractivity (Wildman–Crippen MR) is 85.2 cm³/mol. The fourth-order valence-electron chi connectivity index (χ4n) is 3.34. The maximum absolute atomic E-state index is 9.17. The molecule has 3 nitrogen and oxygen atoms in total. The van der Waals surface area contributed by atoms with Crippen LogP contribution in [0.5, 0.6) is 5.75 Å². The van der Waals surface area contributed by atoms with E-state index in [2.05, 4.69) is 30.9 Å². The van der Waals surface area contributed by atoms with Crippen LogP contribution in [0, 0.1) is 16.7 Å². The minimum absolute atomic E-state index is 0.564. The molecule has 0 bridgehead atoms. The van der Waals surface area contributed by atoms with Gasteiger partial charge in [0.25, 0.3) is 0 Å². The van der Waals surface area contributed by atoms with Gasteiger partial charge in [-0.3, -0.25) is 4.90 Å². The fourth-order valence-corrected chi connectivity index (χ4v) is 3.34. The first-order valence-corrected chi connectivity index (χ1v) is 7.95. The van der Waals surface area contributed by atoms with Gasteiger partial charge in [-0.2, -0.15) is 5.26 Å². The van der Waals surface area contributed by atoms with Gasteiger partial charge < -0.3 is 4.74 Å². The number of nitriles is 1. The van der Waals surface area contributed by atoms with E-state index in [1.165, 1.54) is 31.2 Å². The van der Waals surface area contributed by atoms with Crippen LogP contribution in [0.1, 0.15) is 50.7 Å². The number of hydrogen-bond acceptors (Lipinski definition) is 3. The first-order chi connectivity index (χ1) is 10.2. The van der Waals surface area contributed by atoms with Crippen LogP contribution in [0.3, 0.4) is 0 Å². The van der Waals surface area contributed by atoms with Crippen LogP contribution in [0.25, 0.3) is 0 Å². The van der Waals surface area contributed by atoms with E-state index in [4.69, 9.17) is 10.00 Å². The van der Waals surface area contributed by atoms with E-state index in [1.54, 1.807) is 7.11 Å². The van der Waals surface area contributed by atoms with Gasteiger partial charge in [-0.05, 0) is 49.0 Å². The molecule has 1 heterocycles. The van der Waals surface area contributed by atoms with Crippen molar-refractivity contribution < 1.29 is 4.74 Å². The molecular weight excluding hydrogens is 260 g/mol. The van der Waals surface area contributed by atoms with E-state index < -0.39 is 0 Å². The molecule has 1 saturated heterocycles. The summed E-state index contributed by atoms with van der Waals surface area (Å²) in [6.07, 6.45) is 5.17. The Morgan fingerprint density at radius 2 is 1.90 bits per heavy atom. The lowest BCUT2D eigenvalue weighted by Crippen LogP contribution is -2.39. The van der Waals surface area contributed by atoms with Crippen molar-refractivity contribution in [2.75, 3.05) is 20.2 Å². The normalized spacial score (nSPS) is 18.2. The summed E-state index contributed by atoms with van der Waals surface area (Å²) in [4.78, 5) is 2.51. The Morgan fingerprint density at radius 1 is 1.24 bits per heavy atom. The summed E-state index contributed by atoms with van der Waals surface area (Å²) in [6.45, 7) is 7.90. The Morgan fingerprint density at radius 3 is 2.43 bits per heavy atom. The molecule has 1 aliphatic rings. The zero-order valence-electron chi connectivity index (χ0n) is 13.5. The molecule has 1 aromatic carbocycles. The monoisotopic (exact) mass is 286 g/mol. The molecular formula is C18H26N2O. The maximum atomic E-state index is 9.17. The van der Waals surface area contributed by atoms with Gasteiger partial charge in [-0.15, -0.1) is 0 Å². The Labute approximate surface area is 128 Å².